The van der Waals surface area contributed by atoms with Crippen LogP contribution < -0.4 is 5.32 Å². The Hall–Kier alpha value is -0.280. The van der Waals surface area contributed by atoms with Crippen LogP contribution in [-0.4, -0.2) is 122 Å². The number of piperidine rings is 1. The second-order valence-electron chi connectivity index (χ2n) is 16.7. The van der Waals surface area contributed by atoms with Crippen molar-refractivity contribution in [1.29, 1.82) is 0 Å². The highest BCUT2D eigenvalue weighted by Gasteiger charge is 2.59. The molecule has 0 aromatic heterocycles. The van der Waals surface area contributed by atoms with Gasteiger partial charge in [0.25, 0.3) is 0 Å². The van der Waals surface area contributed by atoms with Gasteiger partial charge in [-0.05, 0) is 54.9 Å². The van der Waals surface area contributed by atoms with Crippen LogP contribution in [0.1, 0.15) is 87.0 Å². The highest BCUT2D eigenvalue weighted by molar-refractivity contribution is 5.14. The van der Waals surface area contributed by atoms with E-state index in [1.54, 1.807) is 0 Å². The molecule has 0 aromatic rings. The molecule has 0 radical (unpaired) electrons. The summed E-state index contributed by atoms with van der Waals surface area (Å²) in [4.78, 5) is 8.37. The summed E-state index contributed by atoms with van der Waals surface area (Å²) in [6.45, 7) is 29.0. The first kappa shape index (κ1) is 29.8. The Morgan fingerprint density at radius 3 is 2.00 bits per heavy atom. The minimum absolute atomic E-state index is 0.00442. The maximum absolute atomic E-state index is 6.76. The molecule has 7 heteroatoms. The molecule has 0 saturated carbocycles. The third kappa shape index (κ3) is 4.64. The van der Waals surface area contributed by atoms with E-state index in [2.05, 4.69) is 68.5 Å². The monoisotopic (exact) mass is 560 g/mol. The Bertz CT molecular complexity index is 920. The summed E-state index contributed by atoms with van der Waals surface area (Å²) in [6, 6.07) is 0.544. The summed E-state index contributed by atoms with van der Waals surface area (Å²) in [5.74, 6) is 0. The average molecular weight is 561 g/mol. The van der Waals surface area contributed by atoms with Crippen LogP contribution in [0.2, 0.25) is 0 Å². The summed E-state index contributed by atoms with van der Waals surface area (Å²) >= 11 is 0. The summed E-state index contributed by atoms with van der Waals surface area (Å²) in [7, 11) is 0. The molecule has 0 bridgehead atoms. The maximum Gasteiger partial charge on any atom is 0.0729 e. The van der Waals surface area contributed by atoms with Crippen LogP contribution in [0.4, 0.5) is 0 Å². The molecule has 7 nitrogen and oxygen atoms in total. The van der Waals surface area contributed by atoms with Gasteiger partial charge in [-0.25, -0.2) is 0 Å². The number of fused-ring (bicyclic) bond motifs is 3. The van der Waals surface area contributed by atoms with E-state index in [0.29, 0.717) is 17.0 Å². The predicted octanol–water partition coefficient (Wildman–Crippen LogP) is 4.01. The molecule has 6 heterocycles. The van der Waals surface area contributed by atoms with Gasteiger partial charge in [0.05, 0.1) is 50.2 Å². The smallest absolute Gasteiger partial charge is 0.0729 e. The minimum atomic E-state index is -0.0234. The zero-order chi connectivity index (χ0) is 28.4. The molecule has 0 amide bonds. The van der Waals surface area contributed by atoms with Gasteiger partial charge in [0.1, 0.15) is 0 Å². The molecule has 6 saturated heterocycles. The van der Waals surface area contributed by atoms with E-state index < -0.39 is 0 Å². The van der Waals surface area contributed by atoms with Crippen LogP contribution in [0.25, 0.3) is 0 Å². The first-order chi connectivity index (χ1) is 18.8. The van der Waals surface area contributed by atoms with Crippen molar-refractivity contribution >= 4 is 0 Å². The van der Waals surface area contributed by atoms with Gasteiger partial charge in [0.2, 0.25) is 0 Å². The molecular weight excluding hydrogens is 500 g/mol. The highest BCUT2D eigenvalue weighted by atomic mass is 16.5. The van der Waals surface area contributed by atoms with Crippen LogP contribution >= 0.6 is 0 Å². The predicted molar refractivity (Wildman–Crippen MR) is 161 cm³/mol. The van der Waals surface area contributed by atoms with Crippen LogP contribution in [-0.2, 0) is 14.2 Å². The first-order valence-corrected chi connectivity index (χ1v) is 16.6. The molecule has 0 spiro atoms. The Labute approximate surface area is 245 Å². The fourth-order valence-electron chi connectivity index (χ4n) is 10.0. The molecular formula is C33H60N4O3. The van der Waals surface area contributed by atoms with Gasteiger partial charge < -0.3 is 19.5 Å². The van der Waals surface area contributed by atoms with Crippen molar-refractivity contribution in [2.45, 2.75) is 116 Å². The fraction of sp³-hybridized carbons (Fsp3) is 1.00. The second kappa shape index (κ2) is 10.4. The van der Waals surface area contributed by atoms with Gasteiger partial charge in [-0.15, -0.1) is 0 Å². The molecule has 6 rings (SSSR count). The lowest BCUT2D eigenvalue weighted by molar-refractivity contribution is -0.216. The number of hydrogen-bond acceptors (Lipinski definition) is 7. The number of ether oxygens (including phenoxy) is 3. The van der Waals surface area contributed by atoms with Gasteiger partial charge in [-0.1, -0.05) is 54.9 Å². The van der Waals surface area contributed by atoms with Gasteiger partial charge in [-0.2, -0.15) is 0 Å². The van der Waals surface area contributed by atoms with Crippen LogP contribution in [0.5, 0.6) is 0 Å². The molecule has 40 heavy (non-hydrogen) atoms. The molecule has 0 aliphatic carbocycles. The SMILES string of the molecule is CC(C)(C)C12COCCN1CC(CC(C)(C)C13CNC(CC(C)(C)C45CCCCN4CC5)CN1CCOC3)OC2. The molecule has 1 N–H and O–H groups in total. The zero-order valence-electron chi connectivity index (χ0n) is 26.9. The first-order valence-electron chi connectivity index (χ1n) is 16.6. The van der Waals surface area contributed by atoms with Gasteiger partial charge >= 0.3 is 0 Å². The Balaban J connectivity index is 1.14. The van der Waals surface area contributed by atoms with Crippen LogP contribution in [0, 0.1) is 16.2 Å². The van der Waals surface area contributed by atoms with Crippen LogP contribution in [0.15, 0.2) is 0 Å². The molecule has 230 valence electrons. The van der Waals surface area contributed by atoms with Crippen molar-refractivity contribution < 1.29 is 14.2 Å². The van der Waals surface area contributed by atoms with Crippen molar-refractivity contribution in [1.82, 2.24) is 20.0 Å². The highest BCUT2D eigenvalue weighted by Crippen LogP contribution is 2.54. The molecule has 6 aliphatic heterocycles. The molecule has 6 fully saturated rings. The van der Waals surface area contributed by atoms with Crippen molar-refractivity contribution in [2.24, 2.45) is 16.2 Å². The Morgan fingerprint density at radius 2 is 1.35 bits per heavy atom. The third-order valence-electron chi connectivity index (χ3n) is 13.1. The standard InChI is InChI=1S/C33H60N4O3/c1-28(2,3)33-24-39-17-15-37(33)21-27(40-25-33)19-30(6,7)32-22-34-26(20-36(32)14-16-38-23-32)18-29(4,5)31-10-8-9-12-35(31)13-11-31/h26-27,34H,8-25H2,1-7H3. The van der Waals surface area contributed by atoms with E-state index in [4.69, 9.17) is 14.2 Å². The lowest BCUT2D eigenvalue weighted by Gasteiger charge is -2.65. The van der Waals surface area contributed by atoms with Crippen molar-refractivity contribution in [3.05, 3.63) is 0 Å². The molecule has 6 aliphatic rings. The topological polar surface area (TPSA) is 49.4 Å². The molecule has 5 atom stereocenters. The number of hydrogen-bond donors (Lipinski definition) is 1. The Kier molecular flexibility index (Phi) is 7.76. The number of nitrogens with zero attached hydrogens (tertiary/aromatic N) is 3. The van der Waals surface area contributed by atoms with E-state index in [-0.39, 0.29) is 28.0 Å². The summed E-state index contributed by atoms with van der Waals surface area (Å²) < 4.78 is 19.0. The van der Waals surface area contributed by atoms with Gasteiger partial charge in [0, 0.05) is 50.8 Å². The van der Waals surface area contributed by atoms with E-state index in [1.807, 2.05) is 0 Å². The molecule has 0 aromatic carbocycles. The quantitative estimate of drug-likeness (QED) is 0.527. The summed E-state index contributed by atoms with van der Waals surface area (Å²) in [6.07, 6.45) is 8.13. The van der Waals surface area contributed by atoms with Crippen molar-refractivity contribution in [3.8, 4) is 0 Å². The number of piperazine rings is 1. The third-order valence-corrected chi connectivity index (χ3v) is 13.1. The lowest BCUT2D eigenvalue weighted by Crippen LogP contribution is -2.76. The number of nitrogens with one attached hydrogen (secondary N) is 1. The van der Waals surface area contributed by atoms with Gasteiger partial charge in [-0.3, -0.25) is 14.7 Å². The molecule has 5 unspecified atom stereocenters. The summed E-state index contributed by atoms with van der Waals surface area (Å²) in [5, 5.41) is 4.12. The fourth-order valence-corrected chi connectivity index (χ4v) is 10.0. The maximum atomic E-state index is 6.76. The normalized spacial score (nSPS) is 40.6. The van der Waals surface area contributed by atoms with Crippen LogP contribution in [0.3, 0.4) is 0 Å². The number of rotatable bonds is 6. The van der Waals surface area contributed by atoms with Crippen molar-refractivity contribution in [3.63, 3.8) is 0 Å². The zero-order valence-corrected chi connectivity index (χ0v) is 26.9. The number of morpholine rings is 3. The second-order valence-corrected chi connectivity index (χ2v) is 16.7. The lowest BCUT2D eigenvalue weighted by atomic mass is 9.58. The van der Waals surface area contributed by atoms with Crippen molar-refractivity contribution in [2.75, 3.05) is 78.8 Å². The average Bonchev–Trinajstić information content (AvgIpc) is 2.88. The van der Waals surface area contributed by atoms with E-state index in [0.717, 1.165) is 72.2 Å². The largest absolute Gasteiger partial charge is 0.378 e. The Morgan fingerprint density at radius 1 is 0.675 bits per heavy atom. The van der Waals surface area contributed by atoms with E-state index >= 15 is 0 Å². The summed E-state index contributed by atoms with van der Waals surface area (Å²) in [5.41, 5.74) is 0.927. The van der Waals surface area contributed by atoms with E-state index in [9.17, 15) is 0 Å². The minimum Gasteiger partial charge on any atom is -0.378 e. The van der Waals surface area contributed by atoms with E-state index in [1.165, 1.54) is 45.2 Å². The van der Waals surface area contributed by atoms with Gasteiger partial charge in [0.15, 0.2) is 0 Å².